The van der Waals surface area contributed by atoms with Crippen LogP contribution >= 0.6 is 0 Å². The van der Waals surface area contributed by atoms with Crippen molar-refractivity contribution < 1.29 is 9.47 Å². The van der Waals surface area contributed by atoms with Gasteiger partial charge in [0.15, 0.2) is 0 Å². The second-order valence-electron chi connectivity index (χ2n) is 5.88. The van der Waals surface area contributed by atoms with Crippen LogP contribution in [0.4, 0.5) is 0 Å². The van der Waals surface area contributed by atoms with E-state index in [2.05, 4.69) is 53.4 Å². The van der Waals surface area contributed by atoms with Crippen molar-refractivity contribution >= 4 is 0 Å². The third kappa shape index (κ3) is 4.90. The molecule has 3 heteroatoms. The van der Waals surface area contributed by atoms with Crippen molar-refractivity contribution in [2.24, 2.45) is 0 Å². The largest absolute Gasteiger partial charge is 0.380 e. The Kier molecular flexibility index (Phi) is 6.21. The van der Waals surface area contributed by atoms with Gasteiger partial charge in [0.05, 0.1) is 13.2 Å². The molecular weight excluding hydrogens is 286 g/mol. The van der Waals surface area contributed by atoms with E-state index in [1.54, 1.807) is 0 Å². The molecule has 2 aromatic rings. The van der Waals surface area contributed by atoms with E-state index in [0.717, 1.165) is 45.9 Å². The van der Waals surface area contributed by atoms with Gasteiger partial charge in [0.2, 0.25) is 0 Å². The summed E-state index contributed by atoms with van der Waals surface area (Å²) in [4.78, 5) is 2.43. The van der Waals surface area contributed by atoms with Crippen molar-refractivity contribution in [1.29, 1.82) is 0 Å². The number of rotatable bonds is 6. The summed E-state index contributed by atoms with van der Waals surface area (Å²) >= 11 is 0. The third-order valence-corrected chi connectivity index (χ3v) is 4.21. The minimum atomic E-state index is 0.000582. The van der Waals surface area contributed by atoms with E-state index < -0.39 is 0 Å². The van der Waals surface area contributed by atoms with Gasteiger partial charge in [-0.05, 0) is 17.5 Å². The molecule has 1 saturated heterocycles. The van der Waals surface area contributed by atoms with Crippen molar-refractivity contribution in [1.82, 2.24) is 4.90 Å². The maximum Gasteiger partial charge on any atom is 0.108 e. The molecule has 0 amide bonds. The third-order valence-electron chi connectivity index (χ3n) is 4.21. The maximum atomic E-state index is 6.28. The minimum Gasteiger partial charge on any atom is -0.380 e. The second kappa shape index (κ2) is 8.82. The summed E-state index contributed by atoms with van der Waals surface area (Å²) in [6.07, 6.45) is 1.11. The predicted molar refractivity (Wildman–Crippen MR) is 92.6 cm³/mol. The number of ether oxygens (including phenoxy) is 2. The van der Waals surface area contributed by atoms with Crippen LogP contribution in [0.5, 0.6) is 0 Å². The van der Waals surface area contributed by atoms with Gasteiger partial charge >= 0.3 is 0 Å². The summed E-state index contributed by atoms with van der Waals surface area (Å²) in [5, 5.41) is 0. The molecule has 1 aliphatic rings. The molecule has 0 bridgehead atoms. The fraction of sp³-hybridized carbons (Fsp3) is 0.400. The van der Waals surface area contributed by atoms with Crippen molar-refractivity contribution in [3.05, 3.63) is 71.8 Å². The van der Waals surface area contributed by atoms with Crippen LogP contribution < -0.4 is 0 Å². The molecule has 0 saturated carbocycles. The van der Waals surface area contributed by atoms with Gasteiger partial charge in [-0.2, -0.15) is 0 Å². The zero-order valence-corrected chi connectivity index (χ0v) is 13.6. The van der Waals surface area contributed by atoms with Gasteiger partial charge in [0.25, 0.3) is 0 Å². The summed E-state index contributed by atoms with van der Waals surface area (Å²) in [6, 6.07) is 20.9. The Morgan fingerprint density at radius 2 is 1.52 bits per heavy atom. The minimum absolute atomic E-state index is 0.000582. The molecule has 23 heavy (non-hydrogen) atoms. The molecule has 3 nitrogen and oxygen atoms in total. The Bertz CT molecular complexity index is 511. The van der Waals surface area contributed by atoms with Crippen LogP contribution in [-0.4, -0.2) is 44.4 Å². The van der Waals surface area contributed by atoms with Crippen LogP contribution in [0.25, 0.3) is 0 Å². The Labute approximate surface area is 138 Å². The Morgan fingerprint density at radius 1 is 0.870 bits per heavy atom. The molecule has 0 spiro atoms. The smallest absolute Gasteiger partial charge is 0.108 e. The van der Waals surface area contributed by atoms with E-state index in [4.69, 9.17) is 9.47 Å². The van der Waals surface area contributed by atoms with Crippen molar-refractivity contribution in [2.75, 3.05) is 39.5 Å². The maximum absolute atomic E-state index is 6.28. The van der Waals surface area contributed by atoms with Crippen LogP contribution in [0, 0.1) is 0 Å². The van der Waals surface area contributed by atoms with E-state index in [0.29, 0.717) is 0 Å². The highest BCUT2D eigenvalue weighted by molar-refractivity contribution is 5.29. The Morgan fingerprint density at radius 3 is 2.17 bits per heavy atom. The monoisotopic (exact) mass is 311 g/mol. The summed E-state index contributed by atoms with van der Waals surface area (Å²) in [5.41, 5.74) is 2.41. The summed E-state index contributed by atoms with van der Waals surface area (Å²) in [7, 11) is 0. The van der Waals surface area contributed by atoms with Crippen LogP contribution in [-0.2, 0) is 9.47 Å². The molecule has 0 aromatic heterocycles. The lowest BCUT2D eigenvalue weighted by molar-refractivity contribution is 0.0585. The first-order valence-corrected chi connectivity index (χ1v) is 8.45. The molecule has 0 radical (unpaired) electrons. The quantitative estimate of drug-likeness (QED) is 0.815. The highest BCUT2D eigenvalue weighted by atomic mass is 16.5. The normalized spacial score (nSPS) is 16.4. The fourth-order valence-corrected chi connectivity index (χ4v) is 2.96. The molecule has 0 atom stereocenters. The molecule has 122 valence electrons. The van der Waals surface area contributed by atoms with E-state index >= 15 is 0 Å². The van der Waals surface area contributed by atoms with Gasteiger partial charge in [0.1, 0.15) is 6.10 Å². The lowest BCUT2D eigenvalue weighted by Crippen LogP contribution is -2.30. The lowest BCUT2D eigenvalue weighted by Gasteiger charge is -2.23. The standard InChI is InChI=1S/C20H25NO2/c1-3-8-18(9-4-1)20(19-10-5-2-6-11-19)23-17-14-21-12-7-15-22-16-13-21/h1-6,8-11,20H,7,12-17H2. The number of hydrogen-bond acceptors (Lipinski definition) is 3. The van der Waals surface area contributed by atoms with Crippen LogP contribution in [0.15, 0.2) is 60.7 Å². The molecule has 3 rings (SSSR count). The van der Waals surface area contributed by atoms with E-state index in [9.17, 15) is 0 Å². The van der Waals surface area contributed by atoms with Crippen LogP contribution in [0.1, 0.15) is 23.7 Å². The SMILES string of the molecule is c1ccc(C(OCCN2CCCOCC2)c2ccccc2)cc1. The second-order valence-corrected chi connectivity index (χ2v) is 5.88. The fourth-order valence-electron chi connectivity index (χ4n) is 2.96. The lowest BCUT2D eigenvalue weighted by atomic mass is 10.0. The average molecular weight is 311 g/mol. The first-order valence-electron chi connectivity index (χ1n) is 8.45. The number of nitrogens with zero attached hydrogens (tertiary/aromatic N) is 1. The topological polar surface area (TPSA) is 21.7 Å². The molecule has 1 fully saturated rings. The summed E-state index contributed by atoms with van der Waals surface area (Å²) in [5.74, 6) is 0. The molecule has 0 aliphatic carbocycles. The molecule has 0 N–H and O–H groups in total. The van der Waals surface area contributed by atoms with Gasteiger partial charge in [-0.1, -0.05) is 60.7 Å². The van der Waals surface area contributed by atoms with Crippen molar-refractivity contribution in [2.45, 2.75) is 12.5 Å². The molecular formula is C20H25NO2. The zero-order valence-electron chi connectivity index (χ0n) is 13.6. The first kappa shape index (κ1) is 16.2. The summed E-state index contributed by atoms with van der Waals surface area (Å²) in [6.45, 7) is 5.51. The summed E-state index contributed by atoms with van der Waals surface area (Å²) < 4.78 is 11.8. The van der Waals surface area contributed by atoms with E-state index in [1.807, 2.05) is 12.1 Å². The molecule has 1 aliphatic heterocycles. The zero-order chi connectivity index (χ0) is 15.7. The van der Waals surface area contributed by atoms with E-state index in [-0.39, 0.29) is 6.10 Å². The molecule has 2 aromatic carbocycles. The van der Waals surface area contributed by atoms with Crippen molar-refractivity contribution in [3.63, 3.8) is 0 Å². The van der Waals surface area contributed by atoms with Gasteiger partial charge in [-0.15, -0.1) is 0 Å². The molecule has 0 unspecified atom stereocenters. The Balaban J connectivity index is 1.62. The van der Waals surface area contributed by atoms with Gasteiger partial charge in [-0.3, -0.25) is 4.90 Å². The molecule has 1 heterocycles. The van der Waals surface area contributed by atoms with Gasteiger partial charge < -0.3 is 9.47 Å². The van der Waals surface area contributed by atoms with Crippen LogP contribution in [0.3, 0.4) is 0 Å². The van der Waals surface area contributed by atoms with Gasteiger partial charge in [0, 0.05) is 26.2 Å². The van der Waals surface area contributed by atoms with E-state index in [1.165, 1.54) is 11.1 Å². The van der Waals surface area contributed by atoms with Crippen LogP contribution in [0.2, 0.25) is 0 Å². The first-order chi connectivity index (χ1) is 11.4. The number of benzene rings is 2. The van der Waals surface area contributed by atoms with Crippen molar-refractivity contribution in [3.8, 4) is 0 Å². The highest BCUT2D eigenvalue weighted by Crippen LogP contribution is 2.25. The predicted octanol–water partition coefficient (Wildman–Crippen LogP) is 3.51. The average Bonchev–Trinajstić information content (AvgIpc) is 2.89. The number of hydrogen-bond donors (Lipinski definition) is 0. The Hall–Kier alpha value is -1.68. The van der Waals surface area contributed by atoms with Gasteiger partial charge in [-0.25, -0.2) is 0 Å². The highest BCUT2D eigenvalue weighted by Gasteiger charge is 2.15.